The van der Waals surface area contributed by atoms with E-state index in [0.717, 1.165) is 33.9 Å². The Hall–Kier alpha value is -3.08. The topological polar surface area (TPSA) is 59.1 Å². The number of aryl methyl sites for hydroxylation is 4. The third kappa shape index (κ3) is 4.11. The normalized spacial score (nSPS) is 10.5. The van der Waals surface area contributed by atoms with Crippen LogP contribution in [0.25, 0.3) is 0 Å². The third-order valence-corrected chi connectivity index (χ3v) is 4.10. The zero-order valence-electron chi connectivity index (χ0n) is 15.8. The Kier molecular flexibility index (Phi) is 5.07. The summed E-state index contributed by atoms with van der Waals surface area (Å²) in [5.41, 5.74) is 6.29. The highest BCUT2D eigenvalue weighted by Gasteiger charge is 2.08. The number of nitrogens with zero attached hydrogens (tertiary/aromatic N) is 2. The van der Waals surface area contributed by atoms with Gasteiger partial charge in [0.15, 0.2) is 0 Å². The molecule has 0 fully saturated rings. The Morgan fingerprint density at radius 1 is 0.769 bits per heavy atom. The van der Waals surface area contributed by atoms with Crippen LogP contribution in [0.1, 0.15) is 22.4 Å². The fourth-order valence-corrected chi connectivity index (χ4v) is 2.82. The molecule has 2 N–H and O–H groups in total. The summed E-state index contributed by atoms with van der Waals surface area (Å²) in [7, 11) is 1.66. The van der Waals surface area contributed by atoms with Gasteiger partial charge < -0.3 is 15.4 Å². The van der Waals surface area contributed by atoms with Crippen molar-refractivity contribution in [3.8, 4) is 5.75 Å². The summed E-state index contributed by atoms with van der Waals surface area (Å²) in [6, 6.07) is 14.2. The van der Waals surface area contributed by atoms with Gasteiger partial charge in [-0.3, -0.25) is 0 Å². The first kappa shape index (κ1) is 17.7. The highest BCUT2D eigenvalue weighted by atomic mass is 16.5. The van der Waals surface area contributed by atoms with Gasteiger partial charge in [0.05, 0.1) is 12.8 Å². The molecule has 0 aliphatic rings. The average molecular weight is 348 g/mol. The second-order valence-electron chi connectivity index (χ2n) is 6.49. The number of ether oxygens (including phenoxy) is 1. The summed E-state index contributed by atoms with van der Waals surface area (Å²) in [4.78, 5) is 9.10. The molecule has 5 heteroatoms. The maximum absolute atomic E-state index is 5.43. The number of anilines is 4. The van der Waals surface area contributed by atoms with Crippen LogP contribution in [-0.2, 0) is 0 Å². The predicted octanol–water partition coefficient (Wildman–Crippen LogP) is 5.21. The van der Waals surface area contributed by atoms with E-state index in [9.17, 15) is 0 Å². The van der Waals surface area contributed by atoms with E-state index in [-0.39, 0.29) is 0 Å². The number of aromatic nitrogens is 2. The van der Waals surface area contributed by atoms with Gasteiger partial charge in [-0.2, -0.15) is 4.98 Å². The van der Waals surface area contributed by atoms with Gasteiger partial charge in [-0.1, -0.05) is 23.8 Å². The molecular weight excluding hydrogens is 324 g/mol. The van der Waals surface area contributed by atoms with Crippen molar-refractivity contribution in [2.24, 2.45) is 0 Å². The van der Waals surface area contributed by atoms with Gasteiger partial charge in [0.25, 0.3) is 0 Å². The molecule has 0 radical (unpaired) electrons. The molecule has 0 bridgehead atoms. The molecule has 0 aliphatic heterocycles. The molecule has 5 nitrogen and oxygen atoms in total. The zero-order chi connectivity index (χ0) is 18.7. The Labute approximate surface area is 154 Å². The lowest BCUT2D eigenvalue weighted by molar-refractivity contribution is 0.416. The number of rotatable bonds is 5. The summed E-state index contributed by atoms with van der Waals surface area (Å²) < 4.78 is 5.43. The zero-order valence-corrected chi connectivity index (χ0v) is 15.8. The van der Waals surface area contributed by atoms with E-state index < -0.39 is 0 Å². The standard InChI is InChI=1S/C21H24N4O/c1-13-6-8-17(15(3)10-13)24-21-22-16(4)12-20(25-21)23-18-11-14(2)7-9-19(18)26-5/h6-12H,1-5H3,(H2,22,23,24,25). The molecule has 26 heavy (non-hydrogen) atoms. The summed E-state index contributed by atoms with van der Waals surface area (Å²) in [6.45, 7) is 8.15. The predicted molar refractivity (Wildman–Crippen MR) is 107 cm³/mol. The minimum Gasteiger partial charge on any atom is -0.495 e. The maximum atomic E-state index is 5.43. The molecule has 3 rings (SSSR count). The Morgan fingerprint density at radius 3 is 2.23 bits per heavy atom. The minimum atomic E-state index is 0.561. The number of hydrogen-bond acceptors (Lipinski definition) is 5. The average Bonchev–Trinajstić information content (AvgIpc) is 2.57. The maximum Gasteiger partial charge on any atom is 0.229 e. The molecule has 0 saturated heterocycles. The van der Waals surface area contributed by atoms with Crippen molar-refractivity contribution in [2.75, 3.05) is 17.7 Å². The van der Waals surface area contributed by atoms with E-state index in [4.69, 9.17) is 4.74 Å². The summed E-state index contributed by atoms with van der Waals surface area (Å²) in [5.74, 6) is 2.05. The van der Waals surface area contributed by atoms with Crippen molar-refractivity contribution >= 4 is 23.1 Å². The van der Waals surface area contributed by atoms with Gasteiger partial charge in [-0.15, -0.1) is 0 Å². The molecule has 0 spiro atoms. The first-order valence-corrected chi connectivity index (χ1v) is 8.56. The molecule has 1 heterocycles. The van der Waals surface area contributed by atoms with Crippen molar-refractivity contribution in [1.29, 1.82) is 0 Å². The number of methoxy groups -OCH3 is 1. The SMILES string of the molecule is COc1ccc(C)cc1Nc1cc(C)nc(Nc2ccc(C)cc2C)n1. The fraction of sp³-hybridized carbons (Fsp3) is 0.238. The summed E-state index contributed by atoms with van der Waals surface area (Å²) >= 11 is 0. The number of benzene rings is 2. The highest BCUT2D eigenvalue weighted by molar-refractivity contribution is 5.67. The van der Waals surface area contributed by atoms with Gasteiger partial charge >= 0.3 is 0 Å². The van der Waals surface area contributed by atoms with Crippen molar-refractivity contribution in [3.63, 3.8) is 0 Å². The van der Waals surface area contributed by atoms with E-state index in [1.807, 2.05) is 44.2 Å². The molecule has 3 aromatic rings. The molecule has 134 valence electrons. The molecule has 0 aliphatic carbocycles. The van der Waals surface area contributed by atoms with Crippen LogP contribution in [0.15, 0.2) is 42.5 Å². The Balaban J connectivity index is 1.89. The van der Waals surface area contributed by atoms with Gasteiger partial charge in [-0.25, -0.2) is 4.98 Å². The summed E-state index contributed by atoms with van der Waals surface area (Å²) in [6.07, 6.45) is 0. The van der Waals surface area contributed by atoms with Crippen LogP contribution < -0.4 is 15.4 Å². The minimum absolute atomic E-state index is 0.561. The van der Waals surface area contributed by atoms with E-state index >= 15 is 0 Å². The number of hydrogen-bond donors (Lipinski definition) is 2. The van der Waals surface area contributed by atoms with Gasteiger partial charge in [-0.05, 0) is 57.0 Å². The quantitative estimate of drug-likeness (QED) is 0.663. The first-order valence-electron chi connectivity index (χ1n) is 8.56. The van der Waals surface area contributed by atoms with Crippen LogP contribution >= 0.6 is 0 Å². The molecule has 2 aromatic carbocycles. The van der Waals surface area contributed by atoms with E-state index in [2.05, 4.69) is 46.6 Å². The molecule has 0 saturated carbocycles. The summed E-state index contributed by atoms with van der Waals surface area (Å²) in [5, 5.41) is 6.65. The van der Waals surface area contributed by atoms with Gasteiger partial charge in [0, 0.05) is 17.4 Å². The van der Waals surface area contributed by atoms with Crippen molar-refractivity contribution in [3.05, 3.63) is 64.8 Å². The molecule has 0 unspecified atom stereocenters. The van der Waals surface area contributed by atoms with Gasteiger partial charge in [0.1, 0.15) is 11.6 Å². The highest BCUT2D eigenvalue weighted by Crippen LogP contribution is 2.29. The lowest BCUT2D eigenvalue weighted by Crippen LogP contribution is -2.04. The Morgan fingerprint density at radius 2 is 1.50 bits per heavy atom. The van der Waals surface area contributed by atoms with Crippen LogP contribution in [-0.4, -0.2) is 17.1 Å². The lowest BCUT2D eigenvalue weighted by Gasteiger charge is -2.14. The lowest BCUT2D eigenvalue weighted by atomic mass is 10.1. The second-order valence-corrected chi connectivity index (χ2v) is 6.49. The molecular formula is C21H24N4O. The second kappa shape index (κ2) is 7.44. The van der Waals surface area contributed by atoms with E-state index in [1.165, 1.54) is 5.56 Å². The number of nitrogens with one attached hydrogen (secondary N) is 2. The fourth-order valence-electron chi connectivity index (χ4n) is 2.82. The molecule has 0 amide bonds. The van der Waals surface area contributed by atoms with Crippen LogP contribution in [0.4, 0.5) is 23.1 Å². The smallest absolute Gasteiger partial charge is 0.229 e. The van der Waals surface area contributed by atoms with E-state index in [0.29, 0.717) is 11.8 Å². The monoisotopic (exact) mass is 348 g/mol. The van der Waals surface area contributed by atoms with Crippen molar-refractivity contribution < 1.29 is 4.74 Å². The van der Waals surface area contributed by atoms with Crippen molar-refractivity contribution in [1.82, 2.24) is 9.97 Å². The van der Waals surface area contributed by atoms with Gasteiger partial charge in [0.2, 0.25) is 5.95 Å². The molecule has 1 aromatic heterocycles. The van der Waals surface area contributed by atoms with Crippen LogP contribution in [0.5, 0.6) is 5.75 Å². The first-order chi connectivity index (χ1) is 12.4. The van der Waals surface area contributed by atoms with Crippen LogP contribution in [0.3, 0.4) is 0 Å². The molecule has 0 atom stereocenters. The van der Waals surface area contributed by atoms with Crippen LogP contribution in [0, 0.1) is 27.7 Å². The van der Waals surface area contributed by atoms with E-state index in [1.54, 1.807) is 7.11 Å². The third-order valence-electron chi connectivity index (χ3n) is 4.10. The van der Waals surface area contributed by atoms with Crippen molar-refractivity contribution in [2.45, 2.75) is 27.7 Å². The van der Waals surface area contributed by atoms with Crippen LogP contribution in [0.2, 0.25) is 0 Å². The largest absolute Gasteiger partial charge is 0.495 e. The Bertz CT molecular complexity index is 937.